The fraction of sp³-hybridized carbons (Fsp3) is 0.385. The Balaban J connectivity index is 2.05. The summed E-state index contributed by atoms with van der Waals surface area (Å²) in [6.07, 6.45) is 0.508. The van der Waals surface area contributed by atoms with E-state index in [1.165, 1.54) is 11.8 Å². The summed E-state index contributed by atoms with van der Waals surface area (Å²) in [6.45, 7) is 1.93. The van der Waals surface area contributed by atoms with E-state index < -0.39 is 12.0 Å². The third kappa shape index (κ3) is 2.85. The lowest BCUT2D eigenvalue weighted by Gasteiger charge is -2.18. The van der Waals surface area contributed by atoms with Crippen molar-refractivity contribution in [3.05, 3.63) is 30.3 Å². The Bertz CT molecular complexity index is 427. The van der Waals surface area contributed by atoms with Crippen LogP contribution in [0.2, 0.25) is 0 Å². The molecule has 1 aliphatic heterocycles. The molecule has 2 atom stereocenters. The normalized spacial score (nSPS) is 23.1. The number of thioether (sulfide) groups is 1. The van der Waals surface area contributed by atoms with Gasteiger partial charge in [0.1, 0.15) is 6.04 Å². The highest BCUT2D eigenvalue weighted by Gasteiger charge is 2.38. The standard InChI is InChI=1S/C13H15NO3S/c1-9(15)14-8-11(7-12(14)13(16)17)18-10-5-3-2-4-6-10/h2-6,11-12H,7-8H2,1H3,(H,16,17). The third-order valence-corrected chi connectivity index (χ3v) is 4.22. The number of hydrogen-bond acceptors (Lipinski definition) is 3. The Morgan fingerprint density at radius 1 is 1.33 bits per heavy atom. The van der Waals surface area contributed by atoms with Crippen LogP contribution in [-0.2, 0) is 9.59 Å². The number of nitrogens with zero attached hydrogens (tertiary/aromatic N) is 1. The molecule has 1 saturated heterocycles. The van der Waals surface area contributed by atoms with Crippen LogP contribution in [0.3, 0.4) is 0 Å². The van der Waals surface area contributed by atoms with Crippen LogP contribution in [0.5, 0.6) is 0 Å². The fourth-order valence-electron chi connectivity index (χ4n) is 2.16. The van der Waals surface area contributed by atoms with Crippen LogP contribution >= 0.6 is 11.8 Å². The van der Waals surface area contributed by atoms with Crippen molar-refractivity contribution in [2.24, 2.45) is 0 Å². The average molecular weight is 265 g/mol. The molecule has 18 heavy (non-hydrogen) atoms. The number of carbonyl (C=O) groups excluding carboxylic acids is 1. The van der Waals surface area contributed by atoms with Gasteiger partial charge in [-0.05, 0) is 18.6 Å². The molecule has 1 N–H and O–H groups in total. The molecule has 1 aliphatic rings. The molecule has 1 amide bonds. The van der Waals surface area contributed by atoms with Crippen LogP contribution in [0.25, 0.3) is 0 Å². The van der Waals surface area contributed by atoms with Gasteiger partial charge in [-0.15, -0.1) is 11.8 Å². The highest BCUT2D eigenvalue weighted by atomic mass is 32.2. The predicted octanol–water partition coefficient (Wildman–Crippen LogP) is 1.85. The lowest BCUT2D eigenvalue weighted by Crippen LogP contribution is -2.39. The minimum Gasteiger partial charge on any atom is -0.480 e. The smallest absolute Gasteiger partial charge is 0.326 e. The highest BCUT2D eigenvalue weighted by molar-refractivity contribution is 8.00. The molecule has 2 unspecified atom stereocenters. The first-order valence-electron chi connectivity index (χ1n) is 5.79. The van der Waals surface area contributed by atoms with Gasteiger partial charge in [0, 0.05) is 23.6 Å². The zero-order valence-corrected chi connectivity index (χ0v) is 10.9. The maximum Gasteiger partial charge on any atom is 0.326 e. The van der Waals surface area contributed by atoms with Gasteiger partial charge < -0.3 is 10.0 Å². The lowest BCUT2D eigenvalue weighted by atomic mass is 10.2. The van der Waals surface area contributed by atoms with Gasteiger partial charge >= 0.3 is 5.97 Å². The minimum atomic E-state index is -0.915. The summed E-state index contributed by atoms with van der Waals surface area (Å²) < 4.78 is 0. The molecule has 1 fully saturated rings. The van der Waals surface area contributed by atoms with Crippen LogP contribution in [0, 0.1) is 0 Å². The number of likely N-dealkylation sites (tertiary alicyclic amines) is 1. The monoisotopic (exact) mass is 265 g/mol. The Morgan fingerprint density at radius 2 is 2.00 bits per heavy atom. The van der Waals surface area contributed by atoms with Crippen molar-refractivity contribution in [3.63, 3.8) is 0 Å². The van der Waals surface area contributed by atoms with Crippen molar-refractivity contribution >= 4 is 23.6 Å². The number of amides is 1. The van der Waals surface area contributed by atoms with E-state index in [0.29, 0.717) is 13.0 Å². The van der Waals surface area contributed by atoms with Crippen LogP contribution in [0.4, 0.5) is 0 Å². The summed E-state index contributed by atoms with van der Waals surface area (Å²) in [4.78, 5) is 25.1. The average Bonchev–Trinajstić information content (AvgIpc) is 2.74. The Labute approximate surface area is 110 Å². The van der Waals surface area contributed by atoms with Gasteiger partial charge in [0.2, 0.25) is 5.91 Å². The molecule has 0 aliphatic carbocycles. The summed E-state index contributed by atoms with van der Waals surface area (Å²) in [5.41, 5.74) is 0. The molecule has 0 aromatic heterocycles. The third-order valence-electron chi connectivity index (χ3n) is 3.00. The van der Waals surface area contributed by atoms with Gasteiger partial charge in [-0.2, -0.15) is 0 Å². The van der Waals surface area contributed by atoms with Crippen LogP contribution in [-0.4, -0.2) is 39.7 Å². The number of carbonyl (C=O) groups is 2. The number of rotatable bonds is 3. The molecule has 2 rings (SSSR count). The van der Waals surface area contributed by atoms with Crippen LogP contribution in [0.15, 0.2) is 35.2 Å². The molecule has 0 spiro atoms. The van der Waals surface area contributed by atoms with Crippen LogP contribution < -0.4 is 0 Å². The summed E-state index contributed by atoms with van der Waals surface area (Å²) >= 11 is 1.64. The molecule has 0 saturated carbocycles. The maximum atomic E-state index is 11.4. The van der Waals surface area contributed by atoms with Gasteiger partial charge in [-0.25, -0.2) is 4.79 Å². The Kier molecular flexibility index (Phi) is 3.91. The first-order chi connectivity index (χ1) is 8.58. The van der Waals surface area contributed by atoms with Crippen LogP contribution in [0.1, 0.15) is 13.3 Å². The van der Waals surface area contributed by atoms with E-state index in [1.54, 1.807) is 11.8 Å². The summed E-state index contributed by atoms with van der Waals surface area (Å²) in [7, 11) is 0. The van der Waals surface area contributed by atoms with Crippen molar-refractivity contribution in [2.75, 3.05) is 6.54 Å². The first-order valence-corrected chi connectivity index (χ1v) is 6.67. The molecule has 1 heterocycles. The second-order valence-corrected chi connectivity index (χ2v) is 5.69. The summed E-state index contributed by atoms with van der Waals surface area (Å²) in [6, 6.07) is 9.17. The molecule has 1 aromatic carbocycles. The number of benzene rings is 1. The van der Waals surface area contributed by atoms with Gasteiger partial charge in [-0.3, -0.25) is 4.79 Å². The van der Waals surface area contributed by atoms with Crippen molar-refractivity contribution in [3.8, 4) is 0 Å². The maximum absolute atomic E-state index is 11.4. The van der Waals surface area contributed by atoms with Crippen molar-refractivity contribution in [1.29, 1.82) is 0 Å². The molecular formula is C13H15NO3S. The number of carboxylic acids is 1. The molecule has 0 bridgehead atoms. The summed E-state index contributed by atoms with van der Waals surface area (Å²) in [5.74, 6) is -1.08. The highest BCUT2D eigenvalue weighted by Crippen LogP contribution is 2.32. The van der Waals surface area contributed by atoms with Crippen molar-refractivity contribution in [1.82, 2.24) is 4.90 Å². The topological polar surface area (TPSA) is 57.6 Å². The van der Waals surface area contributed by atoms with E-state index in [2.05, 4.69) is 0 Å². The zero-order chi connectivity index (χ0) is 13.1. The zero-order valence-electron chi connectivity index (χ0n) is 10.1. The van der Waals surface area contributed by atoms with Crippen molar-refractivity contribution in [2.45, 2.75) is 29.5 Å². The fourth-order valence-corrected chi connectivity index (χ4v) is 3.37. The molecular weight excluding hydrogens is 250 g/mol. The second kappa shape index (κ2) is 5.44. The SMILES string of the molecule is CC(=O)N1CC(Sc2ccccc2)CC1C(=O)O. The molecule has 1 aromatic rings. The van der Waals surface area contributed by atoms with Gasteiger partial charge in [0.15, 0.2) is 0 Å². The van der Waals surface area contributed by atoms with Crippen molar-refractivity contribution < 1.29 is 14.7 Å². The molecule has 96 valence electrons. The largest absolute Gasteiger partial charge is 0.480 e. The first kappa shape index (κ1) is 13.0. The number of aliphatic carboxylic acids is 1. The quantitative estimate of drug-likeness (QED) is 0.906. The minimum absolute atomic E-state index is 0.150. The van der Waals surface area contributed by atoms with E-state index in [0.717, 1.165) is 4.90 Å². The van der Waals surface area contributed by atoms with E-state index in [1.807, 2.05) is 30.3 Å². The van der Waals surface area contributed by atoms with E-state index in [4.69, 9.17) is 5.11 Å². The van der Waals surface area contributed by atoms with Gasteiger partial charge in [0.05, 0.1) is 0 Å². The van der Waals surface area contributed by atoms with Gasteiger partial charge in [0.25, 0.3) is 0 Å². The van der Waals surface area contributed by atoms with Gasteiger partial charge in [-0.1, -0.05) is 18.2 Å². The lowest BCUT2D eigenvalue weighted by molar-refractivity contribution is -0.147. The second-order valence-electron chi connectivity index (χ2n) is 4.31. The van der Waals surface area contributed by atoms with E-state index in [9.17, 15) is 9.59 Å². The number of carboxylic acid groups (broad SMARTS) is 1. The van der Waals surface area contributed by atoms with E-state index in [-0.39, 0.29) is 11.2 Å². The Morgan fingerprint density at radius 3 is 2.50 bits per heavy atom. The van der Waals surface area contributed by atoms with E-state index >= 15 is 0 Å². The predicted molar refractivity (Wildman–Crippen MR) is 69.5 cm³/mol. The Hall–Kier alpha value is -1.49. The molecule has 4 nitrogen and oxygen atoms in total. The summed E-state index contributed by atoms with van der Waals surface area (Å²) in [5, 5.41) is 9.26. The number of hydrogen-bond donors (Lipinski definition) is 1. The molecule has 5 heteroatoms. The molecule has 0 radical (unpaired) electrons.